The molecular formula is C11H20N2. The molecule has 0 fully saturated rings. The van der Waals surface area contributed by atoms with Crippen LogP contribution >= 0.6 is 0 Å². The molecule has 0 unspecified atom stereocenters. The highest BCUT2D eigenvalue weighted by Gasteiger charge is 2.22. The first-order valence-electron chi connectivity index (χ1n) is 4.86. The molecule has 13 heavy (non-hydrogen) atoms. The highest BCUT2D eigenvalue weighted by atomic mass is 15.3. The van der Waals surface area contributed by atoms with Crippen molar-refractivity contribution in [1.82, 2.24) is 9.78 Å². The van der Waals surface area contributed by atoms with Crippen LogP contribution in [0, 0.1) is 0 Å². The van der Waals surface area contributed by atoms with E-state index in [1.54, 1.807) is 0 Å². The van der Waals surface area contributed by atoms with E-state index in [9.17, 15) is 0 Å². The maximum absolute atomic E-state index is 4.52. The minimum absolute atomic E-state index is 0.154. The molecule has 0 amide bonds. The lowest BCUT2D eigenvalue weighted by atomic mass is 9.86. The highest BCUT2D eigenvalue weighted by molar-refractivity contribution is 5.26. The molecule has 1 rings (SSSR count). The Kier molecular flexibility index (Phi) is 2.51. The van der Waals surface area contributed by atoms with Crippen LogP contribution in [0.15, 0.2) is 6.20 Å². The van der Waals surface area contributed by atoms with Crippen LogP contribution in [-0.2, 0) is 12.5 Å². The molecule has 1 heterocycles. The molecule has 0 saturated carbocycles. The smallest absolute Gasteiger partial charge is 0.0712 e. The minimum Gasteiger partial charge on any atom is -0.275 e. The molecule has 0 saturated heterocycles. The predicted octanol–water partition coefficient (Wildman–Crippen LogP) is 2.84. The lowest BCUT2D eigenvalue weighted by molar-refractivity contribution is 0.545. The van der Waals surface area contributed by atoms with Crippen LogP contribution in [0.1, 0.15) is 51.8 Å². The third kappa shape index (κ3) is 2.11. The van der Waals surface area contributed by atoms with Gasteiger partial charge in [0.05, 0.1) is 5.69 Å². The molecule has 2 heteroatoms. The zero-order chi connectivity index (χ0) is 10.2. The molecule has 0 bridgehead atoms. The molecule has 0 aliphatic rings. The third-order valence-corrected chi connectivity index (χ3v) is 2.19. The molecule has 0 aromatic carbocycles. The molecule has 74 valence electrons. The lowest BCUT2D eigenvalue weighted by Crippen LogP contribution is -2.15. The summed E-state index contributed by atoms with van der Waals surface area (Å²) in [6.45, 7) is 11.1. The van der Waals surface area contributed by atoms with Gasteiger partial charge in [-0.1, -0.05) is 34.6 Å². The van der Waals surface area contributed by atoms with Crippen LogP contribution in [0.5, 0.6) is 0 Å². The molecule has 0 spiro atoms. The molecule has 0 N–H and O–H groups in total. The van der Waals surface area contributed by atoms with Gasteiger partial charge in [0, 0.05) is 18.7 Å². The highest BCUT2D eigenvalue weighted by Crippen LogP contribution is 2.28. The predicted molar refractivity (Wildman–Crippen MR) is 56.0 cm³/mol. The van der Waals surface area contributed by atoms with Gasteiger partial charge >= 0.3 is 0 Å². The van der Waals surface area contributed by atoms with E-state index in [4.69, 9.17) is 0 Å². The second-order valence-electron chi connectivity index (χ2n) is 5.01. The number of rotatable bonds is 1. The van der Waals surface area contributed by atoms with Crippen LogP contribution in [0.3, 0.4) is 0 Å². The van der Waals surface area contributed by atoms with E-state index in [2.05, 4.69) is 45.9 Å². The zero-order valence-corrected chi connectivity index (χ0v) is 9.55. The first-order chi connectivity index (χ1) is 5.82. The largest absolute Gasteiger partial charge is 0.275 e. The number of hydrogen-bond donors (Lipinski definition) is 0. The summed E-state index contributed by atoms with van der Waals surface area (Å²) in [6, 6.07) is 0. The Balaban J connectivity index is 3.20. The summed E-state index contributed by atoms with van der Waals surface area (Å²) in [5, 5.41) is 4.52. The molecular weight excluding hydrogens is 160 g/mol. The zero-order valence-electron chi connectivity index (χ0n) is 9.55. The number of nitrogens with zero attached hydrogens (tertiary/aromatic N) is 2. The van der Waals surface area contributed by atoms with Crippen molar-refractivity contribution in [3.8, 4) is 0 Å². The van der Waals surface area contributed by atoms with Gasteiger partial charge in [-0.25, -0.2) is 0 Å². The van der Waals surface area contributed by atoms with Crippen molar-refractivity contribution in [3.05, 3.63) is 17.5 Å². The standard InChI is InChI=1S/C11H20N2/c1-8(2)9-7-13(6)12-10(9)11(3,4)5/h7-8H,1-6H3. The SMILES string of the molecule is CC(C)c1cn(C)nc1C(C)(C)C. The Bertz CT molecular complexity index is 290. The molecule has 1 aromatic rings. The van der Waals surface area contributed by atoms with E-state index >= 15 is 0 Å². The van der Waals surface area contributed by atoms with Crippen molar-refractivity contribution >= 4 is 0 Å². The van der Waals surface area contributed by atoms with E-state index in [1.165, 1.54) is 11.3 Å². The molecule has 0 aliphatic heterocycles. The molecule has 1 aromatic heterocycles. The molecule has 0 atom stereocenters. The molecule has 0 radical (unpaired) electrons. The van der Waals surface area contributed by atoms with Gasteiger partial charge < -0.3 is 0 Å². The summed E-state index contributed by atoms with van der Waals surface area (Å²) >= 11 is 0. The van der Waals surface area contributed by atoms with Gasteiger partial charge in [-0.15, -0.1) is 0 Å². The Hall–Kier alpha value is -0.790. The second-order valence-corrected chi connectivity index (χ2v) is 5.01. The fourth-order valence-corrected chi connectivity index (χ4v) is 1.51. The summed E-state index contributed by atoms with van der Waals surface area (Å²) in [5.41, 5.74) is 2.75. The van der Waals surface area contributed by atoms with Gasteiger partial charge in [0.15, 0.2) is 0 Å². The summed E-state index contributed by atoms with van der Waals surface area (Å²) in [5.74, 6) is 0.558. The first kappa shape index (κ1) is 10.3. The van der Waals surface area contributed by atoms with E-state index < -0.39 is 0 Å². The van der Waals surface area contributed by atoms with Crippen molar-refractivity contribution in [2.45, 2.75) is 46.0 Å². The van der Waals surface area contributed by atoms with E-state index in [0.717, 1.165) is 0 Å². The van der Waals surface area contributed by atoms with Gasteiger partial charge in [0.1, 0.15) is 0 Å². The molecule has 0 aliphatic carbocycles. The van der Waals surface area contributed by atoms with Gasteiger partial charge in [-0.2, -0.15) is 5.10 Å². The Labute approximate surface area is 81.0 Å². The van der Waals surface area contributed by atoms with Crippen molar-refractivity contribution in [1.29, 1.82) is 0 Å². The quantitative estimate of drug-likeness (QED) is 0.650. The van der Waals surface area contributed by atoms with Gasteiger partial charge in [-0.3, -0.25) is 4.68 Å². The maximum Gasteiger partial charge on any atom is 0.0712 e. The van der Waals surface area contributed by atoms with Crippen molar-refractivity contribution in [2.24, 2.45) is 7.05 Å². The summed E-state index contributed by atoms with van der Waals surface area (Å²) < 4.78 is 1.91. The van der Waals surface area contributed by atoms with Crippen molar-refractivity contribution < 1.29 is 0 Å². The van der Waals surface area contributed by atoms with Crippen LogP contribution in [0.4, 0.5) is 0 Å². The lowest BCUT2D eigenvalue weighted by Gasteiger charge is -2.18. The van der Waals surface area contributed by atoms with Crippen LogP contribution in [-0.4, -0.2) is 9.78 Å². The Morgan fingerprint density at radius 1 is 1.31 bits per heavy atom. The van der Waals surface area contributed by atoms with Crippen molar-refractivity contribution in [3.63, 3.8) is 0 Å². The van der Waals surface area contributed by atoms with E-state index in [0.29, 0.717) is 5.92 Å². The van der Waals surface area contributed by atoms with Gasteiger partial charge in [0.2, 0.25) is 0 Å². The average molecular weight is 180 g/mol. The van der Waals surface area contributed by atoms with Gasteiger partial charge in [-0.05, 0) is 11.5 Å². The minimum atomic E-state index is 0.154. The average Bonchev–Trinajstić information content (AvgIpc) is 2.29. The second kappa shape index (κ2) is 3.17. The van der Waals surface area contributed by atoms with Gasteiger partial charge in [0.25, 0.3) is 0 Å². The third-order valence-electron chi connectivity index (χ3n) is 2.19. The first-order valence-corrected chi connectivity index (χ1v) is 4.86. The summed E-state index contributed by atoms with van der Waals surface area (Å²) in [6.07, 6.45) is 2.13. The Morgan fingerprint density at radius 3 is 2.15 bits per heavy atom. The van der Waals surface area contributed by atoms with Crippen molar-refractivity contribution in [2.75, 3.05) is 0 Å². The number of aromatic nitrogens is 2. The number of hydrogen-bond acceptors (Lipinski definition) is 1. The summed E-state index contributed by atoms with van der Waals surface area (Å²) in [7, 11) is 1.99. The monoisotopic (exact) mass is 180 g/mol. The topological polar surface area (TPSA) is 17.8 Å². The summed E-state index contributed by atoms with van der Waals surface area (Å²) in [4.78, 5) is 0. The van der Waals surface area contributed by atoms with Crippen LogP contribution in [0.2, 0.25) is 0 Å². The normalized spacial score (nSPS) is 12.5. The van der Waals surface area contributed by atoms with Crippen LogP contribution < -0.4 is 0 Å². The fourth-order valence-electron chi connectivity index (χ4n) is 1.51. The van der Waals surface area contributed by atoms with E-state index in [-0.39, 0.29) is 5.41 Å². The number of aryl methyl sites for hydroxylation is 1. The van der Waals surface area contributed by atoms with Crippen LogP contribution in [0.25, 0.3) is 0 Å². The van der Waals surface area contributed by atoms with E-state index in [1.807, 2.05) is 11.7 Å². The Morgan fingerprint density at radius 2 is 1.85 bits per heavy atom. The molecule has 2 nitrogen and oxygen atoms in total. The maximum atomic E-state index is 4.52. The fraction of sp³-hybridized carbons (Fsp3) is 0.727.